The Balaban J connectivity index is 1.48. The average Bonchev–Trinajstić information content (AvgIpc) is 3.46. The molecular weight excluding hydrogens is 574 g/mol. The summed E-state index contributed by atoms with van der Waals surface area (Å²) in [5.41, 5.74) is 3.21. The molecule has 0 radical (unpaired) electrons. The zero-order valence-electron chi connectivity index (χ0n) is 23.4. The molecule has 0 amide bonds. The molecule has 0 spiro atoms. The van der Waals surface area contributed by atoms with Gasteiger partial charge in [-0.05, 0) is 36.8 Å². The molecule has 216 valence electrons. The van der Waals surface area contributed by atoms with Crippen LogP contribution in [0.2, 0.25) is 0 Å². The van der Waals surface area contributed by atoms with Crippen LogP contribution in [0.1, 0.15) is 11.9 Å². The topological polar surface area (TPSA) is 125 Å². The molecule has 0 atom stereocenters. The zero-order chi connectivity index (χ0) is 29.7. The number of ether oxygens (including phenoxy) is 3. The van der Waals surface area contributed by atoms with Crippen molar-refractivity contribution in [1.82, 2.24) is 15.0 Å². The molecule has 3 aromatic carbocycles. The first kappa shape index (κ1) is 28.8. The van der Waals surface area contributed by atoms with E-state index in [4.69, 9.17) is 24.2 Å². The summed E-state index contributed by atoms with van der Waals surface area (Å²) in [6, 6.07) is 20.8. The highest BCUT2D eigenvalue weighted by Gasteiger charge is 2.19. The molecule has 0 aliphatic heterocycles. The van der Waals surface area contributed by atoms with Crippen molar-refractivity contribution in [2.45, 2.75) is 18.2 Å². The van der Waals surface area contributed by atoms with Gasteiger partial charge >= 0.3 is 0 Å². The largest absolute Gasteiger partial charge is 0.493 e. The number of thiazole rings is 1. The van der Waals surface area contributed by atoms with Crippen LogP contribution >= 0.6 is 11.3 Å². The van der Waals surface area contributed by atoms with Gasteiger partial charge in [-0.25, -0.2) is 23.4 Å². The molecule has 0 unspecified atom stereocenters. The lowest BCUT2D eigenvalue weighted by atomic mass is 10.1. The van der Waals surface area contributed by atoms with E-state index in [1.54, 1.807) is 88.2 Å². The van der Waals surface area contributed by atoms with Gasteiger partial charge in [-0.1, -0.05) is 37.3 Å². The van der Waals surface area contributed by atoms with Crippen molar-refractivity contribution in [3.8, 4) is 39.1 Å². The molecule has 10 nitrogen and oxygen atoms in total. The van der Waals surface area contributed by atoms with E-state index in [-0.39, 0.29) is 4.90 Å². The first-order valence-corrected chi connectivity index (χ1v) is 15.2. The van der Waals surface area contributed by atoms with E-state index in [1.807, 2.05) is 19.1 Å². The van der Waals surface area contributed by atoms with Crippen LogP contribution in [0.3, 0.4) is 0 Å². The van der Waals surface area contributed by atoms with Gasteiger partial charge in [-0.3, -0.25) is 4.72 Å². The Morgan fingerprint density at radius 3 is 2.24 bits per heavy atom. The molecule has 5 aromatic rings. The third-order valence-electron chi connectivity index (χ3n) is 6.22. The molecule has 2 aromatic heterocycles. The lowest BCUT2D eigenvalue weighted by molar-refractivity contribution is 0.324. The molecule has 5 rings (SSSR count). The van der Waals surface area contributed by atoms with E-state index in [1.165, 1.54) is 11.3 Å². The van der Waals surface area contributed by atoms with Gasteiger partial charge in [0.05, 0.1) is 47.5 Å². The Morgan fingerprint density at radius 2 is 1.57 bits per heavy atom. The number of sulfonamides is 1. The summed E-state index contributed by atoms with van der Waals surface area (Å²) in [4.78, 5) is 15.1. The van der Waals surface area contributed by atoms with E-state index in [0.29, 0.717) is 46.0 Å². The van der Waals surface area contributed by atoms with Crippen LogP contribution in [-0.4, -0.2) is 44.7 Å². The fourth-order valence-electron chi connectivity index (χ4n) is 4.26. The Labute approximate surface area is 248 Å². The van der Waals surface area contributed by atoms with Gasteiger partial charge in [0.1, 0.15) is 0 Å². The van der Waals surface area contributed by atoms with E-state index in [9.17, 15) is 8.42 Å². The van der Waals surface area contributed by atoms with Gasteiger partial charge in [0, 0.05) is 35.3 Å². The van der Waals surface area contributed by atoms with E-state index >= 15 is 0 Å². The second-order valence-corrected chi connectivity index (χ2v) is 11.7. The van der Waals surface area contributed by atoms with Crippen LogP contribution in [0.5, 0.6) is 17.2 Å². The summed E-state index contributed by atoms with van der Waals surface area (Å²) in [6.45, 7) is 2.04. The molecule has 0 saturated carbocycles. The quantitative estimate of drug-likeness (QED) is 0.176. The number of hydrogen-bond acceptors (Lipinski definition) is 10. The molecule has 2 N–H and O–H groups in total. The van der Waals surface area contributed by atoms with Gasteiger partial charge < -0.3 is 19.5 Å². The molecule has 0 aliphatic rings. The fourth-order valence-corrected chi connectivity index (χ4v) is 6.32. The third-order valence-corrected chi connectivity index (χ3v) is 8.84. The van der Waals surface area contributed by atoms with Crippen LogP contribution < -0.4 is 24.2 Å². The highest BCUT2D eigenvalue weighted by molar-refractivity contribution is 7.92. The molecule has 0 fully saturated rings. The molecule has 0 bridgehead atoms. The zero-order valence-corrected chi connectivity index (χ0v) is 25.0. The number of hydrogen-bond donors (Lipinski definition) is 2. The van der Waals surface area contributed by atoms with Gasteiger partial charge in [-0.15, -0.1) is 11.3 Å². The maximum absolute atomic E-state index is 12.9. The van der Waals surface area contributed by atoms with Gasteiger partial charge in [0.2, 0.25) is 11.7 Å². The minimum Gasteiger partial charge on any atom is -0.493 e. The molecule has 0 aliphatic carbocycles. The number of benzene rings is 3. The number of nitrogens with zero attached hydrogens (tertiary/aromatic N) is 3. The first-order chi connectivity index (χ1) is 20.3. The number of anilines is 3. The predicted octanol–water partition coefficient (Wildman–Crippen LogP) is 6.40. The SMILES string of the molecule is CCc1nc(-c2cccc(NS(=O)(=O)c3ccccc3)c2)c(-c2ccnc(Nc3cc(OC)c(OC)c(OC)c3)n2)s1. The lowest BCUT2D eigenvalue weighted by Gasteiger charge is -2.14. The van der Waals surface area contributed by atoms with Crippen molar-refractivity contribution in [3.63, 3.8) is 0 Å². The molecule has 12 heteroatoms. The number of aryl methyl sites for hydroxylation is 1. The standard InChI is InChI=1S/C30H29N5O5S2/c1-5-26-34-27(19-10-9-11-20(16-19)35-42(36,37)22-12-7-6-8-13-22)29(41-26)23-14-15-31-30(33-23)32-21-17-24(38-2)28(40-4)25(18-21)39-3/h6-18,35H,5H2,1-4H3,(H,31,32,33). The highest BCUT2D eigenvalue weighted by Crippen LogP contribution is 2.41. The minimum atomic E-state index is -3.75. The van der Waals surface area contributed by atoms with Crippen LogP contribution in [0.25, 0.3) is 21.8 Å². The Hall–Kier alpha value is -4.68. The average molecular weight is 604 g/mol. The number of methoxy groups -OCH3 is 3. The maximum atomic E-state index is 12.9. The monoisotopic (exact) mass is 603 g/mol. The highest BCUT2D eigenvalue weighted by atomic mass is 32.2. The minimum absolute atomic E-state index is 0.186. The molecule has 2 heterocycles. The Morgan fingerprint density at radius 1 is 0.833 bits per heavy atom. The summed E-state index contributed by atoms with van der Waals surface area (Å²) in [7, 11) is 0.904. The third kappa shape index (κ3) is 6.14. The fraction of sp³-hybridized carbons (Fsp3) is 0.167. The van der Waals surface area contributed by atoms with Crippen LogP contribution in [0, 0.1) is 0 Å². The number of nitrogens with one attached hydrogen (secondary N) is 2. The summed E-state index contributed by atoms with van der Waals surface area (Å²) in [5, 5.41) is 4.14. The summed E-state index contributed by atoms with van der Waals surface area (Å²) >= 11 is 1.53. The summed E-state index contributed by atoms with van der Waals surface area (Å²) in [5.74, 6) is 1.84. The maximum Gasteiger partial charge on any atom is 0.261 e. The second kappa shape index (κ2) is 12.5. The van der Waals surface area contributed by atoms with Crippen LogP contribution in [0.4, 0.5) is 17.3 Å². The van der Waals surface area contributed by atoms with Gasteiger partial charge in [-0.2, -0.15) is 0 Å². The first-order valence-electron chi connectivity index (χ1n) is 12.9. The Kier molecular flexibility index (Phi) is 8.55. The van der Waals surface area contributed by atoms with Gasteiger partial charge in [0.25, 0.3) is 10.0 Å². The molecular formula is C30H29N5O5S2. The molecule has 42 heavy (non-hydrogen) atoms. The smallest absolute Gasteiger partial charge is 0.261 e. The van der Waals surface area contributed by atoms with Gasteiger partial charge in [0.15, 0.2) is 11.5 Å². The van der Waals surface area contributed by atoms with Crippen LogP contribution in [0.15, 0.2) is 83.9 Å². The van der Waals surface area contributed by atoms with E-state index < -0.39 is 10.0 Å². The van der Waals surface area contributed by atoms with E-state index in [2.05, 4.69) is 15.0 Å². The Bertz CT molecular complexity index is 1790. The lowest BCUT2D eigenvalue weighted by Crippen LogP contribution is -2.12. The van der Waals surface area contributed by atoms with E-state index in [0.717, 1.165) is 21.9 Å². The van der Waals surface area contributed by atoms with Crippen molar-refractivity contribution >= 4 is 38.7 Å². The van der Waals surface area contributed by atoms with Crippen molar-refractivity contribution in [2.75, 3.05) is 31.4 Å². The molecule has 0 saturated heterocycles. The normalized spacial score (nSPS) is 11.1. The summed E-state index contributed by atoms with van der Waals surface area (Å²) in [6.07, 6.45) is 2.40. The van der Waals surface area contributed by atoms with Crippen molar-refractivity contribution < 1.29 is 22.6 Å². The van der Waals surface area contributed by atoms with Crippen molar-refractivity contribution in [2.24, 2.45) is 0 Å². The second-order valence-electron chi connectivity index (χ2n) is 8.94. The van der Waals surface area contributed by atoms with Crippen LogP contribution in [-0.2, 0) is 16.4 Å². The predicted molar refractivity (Wildman–Crippen MR) is 165 cm³/mol. The number of aromatic nitrogens is 3. The van der Waals surface area contributed by atoms with Crippen molar-refractivity contribution in [3.05, 3.63) is 84.0 Å². The summed E-state index contributed by atoms with van der Waals surface area (Å²) < 4.78 is 44.8. The van der Waals surface area contributed by atoms with Crippen molar-refractivity contribution in [1.29, 1.82) is 0 Å². The number of rotatable bonds is 11.